The van der Waals surface area contributed by atoms with Gasteiger partial charge in [0.05, 0.1) is 16.0 Å². The molecule has 1 aliphatic heterocycles. The number of nitro groups is 1. The second-order valence-corrected chi connectivity index (χ2v) is 4.97. The maximum atomic E-state index is 11.1. The van der Waals surface area contributed by atoms with Gasteiger partial charge in [-0.05, 0) is 25.0 Å². The molecule has 0 bridgehead atoms. The number of hydrogen-bond donors (Lipinski definition) is 1. The van der Waals surface area contributed by atoms with Gasteiger partial charge in [-0.15, -0.1) is 0 Å². The summed E-state index contributed by atoms with van der Waals surface area (Å²) in [6.45, 7) is 2.00. The maximum Gasteiger partial charge on any atom is 0.277 e. The number of fused-ring (bicyclic) bond motifs is 1. The Morgan fingerprint density at radius 1 is 1.15 bits per heavy atom. The number of piperidine rings is 1. The fourth-order valence-electron chi connectivity index (χ4n) is 2.61. The standard InChI is InChI=1S/C14H16N4O2/c19-18(20)14-5-4-13(12-10-15-7-6-11(12)14)16-17-8-2-1-3-9-17/h4-7,10,16H,1-3,8-9H2. The van der Waals surface area contributed by atoms with Crippen LogP contribution in [-0.2, 0) is 0 Å². The minimum absolute atomic E-state index is 0.117. The molecule has 1 saturated heterocycles. The van der Waals surface area contributed by atoms with Gasteiger partial charge in [-0.3, -0.25) is 15.1 Å². The number of nitrogens with zero attached hydrogens (tertiary/aromatic N) is 3. The monoisotopic (exact) mass is 272 g/mol. The van der Waals surface area contributed by atoms with Crippen molar-refractivity contribution in [3.05, 3.63) is 40.7 Å². The van der Waals surface area contributed by atoms with Gasteiger partial charge in [0.25, 0.3) is 5.69 Å². The third kappa shape index (κ3) is 2.42. The fourth-order valence-corrected chi connectivity index (χ4v) is 2.61. The van der Waals surface area contributed by atoms with Crippen LogP contribution in [0, 0.1) is 10.1 Å². The Morgan fingerprint density at radius 3 is 2.70 bits per heavy atom. The normalized spacial score (nSPS) is 16.2. The summed E-state index contributed by atoms with van der Waals surface area (Å²) in [5.74, 6) is 0. The lowest BCUT2D eigenvalue weighted by Crippen LogP contribution is -2.34. The van der Waals surface area contributed by atoms with Crippen molar-refractivity contribution < 1.29 is 4.92 Å². The fraction of sp³-hybridized carbons (Fsp3) is 0.357. The summed E-state index contributed by atoms with van der Waals surface area (Å²) in [6.07, 6.45) is 6.88. The molecule has 104 valence electrons. The van der Waals surface area contributed by atoms with Crippen molar-refractivity contribution in [2.45, 2.75) is 19.3 Å². The van der Waals surface area contributed by atoms with Crippen molar-refractivity contribution in [2.75, 3.05) is 18.5 Å². The first-order valence-electron chi connectivity index (χ1n) is 6.78. The van der Waals surface area contributed by atoms with E-state index in [0.29, 0.717) is 5.39 Å². The van der Waals surface area contributed by atoms with Crippen LogP contribution in [0.15, 0.2) is 30.6 Å². The van der Waals surface area contributed by atoms with Crippen molar-refractivity contribution >= 4 is 22.1 Å². The minimum atomic E-state index is -0.354. The summed E-state index contributed by atoms with van der Waals surface area (Å²) in [5, 5.41) is 14.6. The van der Waals surface area contributed by atoms with E-state index in [4.69, 9.17) is 0 Å². The van der Waals surface area contributed by atoms with Gasteiger partial charge in [0.1, 0.15) is 0 Å². The molecule has 1 aliphatic rings. The number of benzene rings is 1. The number of pyridine rings is 1. The van der Waals surface area contributed by atoms with Crippen LogP contribution in [0.4, 0.5) is 11.4 Å². The van der Waals surface area contributed by atoms with Crippen molar-refractivity contribution in [3.63, 3.8) is 0 Å². The van der Waals surface area contributed by atoms with Crippen LogP contribution < -0.4 is 5.43 Å². The van der Waals surface area contributed by atoms with Gasteiger partial charge in [-0.25, -0.2) is 5.01 Å². The molecule has 2 heterocycles. The summed E-state index contributed by atoms with van der Waals surface area (Å²) in [6, 6.07) is 5.00. The van der Waals surface area contributed by atoms with E-state index < -0.39 is 0 Å². The van der Waals surface area contributed by atoms with Gasteiger partial charge < -0.3 is 5.43 Å². The van der Waals surface area contributed by atoms with Crippen molar-refractivity contribution in [2.24, 2.45) is 0 Å². The molecule has 3 rings (SSSR count). The van der Waals surface area contributed by atoms with Crippen LogP contribution in [0.3, 0.4) is 0 Å². The summed E-state index contributed by atoms with van der Waals surface area (Å²) in [5.41, 5.74) is 4.35. The van der Waals surface area contributed by atoms with Gasteiger partial charge in [0, 0.05) is 36.9 Å². The van der Waals surface area contributed by atoms with Crippen molar-refractivity contribution in [3.8, 4) is 0 Å². The molecule has 1 N–H and O–H groups in total. The van der Waals surface area contributed by atoms with Gasteiger partial charge in [-0.1, -0.05) is 6.42 Å². The molecule has 0 spiro atoms. The average Bonchev–Trinajstić information content (AvgIpc) is 2.48. The van der Waals surface area contributed by atoms with Crippen molar-refractivity contribution in [1.29, 1.82) is 0 Å². The second-order valence-electron chi connectivity index (χ2n) is 4.97. The highest BCUT2D eigenvalue weighted by Gasteiger charge is 2.16. The van der Waals surface area contributed by atoms with Gasteiger partial charge in [-0.2, -0.15) is 0 Å². The number of hydrazine groups is 1. The summed E-state index contributed by atoms with van der Waals surface area (Å²) in [7, 11) is 0. The highest BCUT2D eigenvalue weighted by atomic mass is 16.6. The van der Waals surface area contributed by atoms with E-state index >= 15 is 0 Å². The lowest BCUT2D eigenvalue weighted by molar-refractivity contribution is -0.383. The van der Waals surface area contributed by atoms with E-state index in [9.17, 15) is 10.1 Å². The Morgan fingerprint density at radius 2 is 1.95 bits per heavy atom. The highest BCUT2D eigenvalue weighted by molar-refractivity contribution is 5.98. The number of anilines is 1. The quantitative estimate of drug-likeness (QED) is 0.687. The summed E-state index contributed by atoms with van der Waals surface area (Å²) < 4.78 is 0. The number of aromatic nitrogens is 1. The first-order chi connectivity index (χ1) is 9.75. The average molecular weight is 272 g/mol. The van der Waals surface area contributed by atoms with E-state index in [2.05, 4.69) is 15.4 Å². The number of rotatable bonds is 3. The zero-order valence-electron chi connectivity index (χ0n) is 11.1. The Kier molecular flexibility index (Phi) is 3.47. The zero-order valence-corrected chi connectivity index (χ0v) is 11.1. The maximum absolute atomic E-state index is 11.1. The molecule has 0 aliphatic carbocycles. The SMILES string of the molecule is O=[N+]([O-])c1ccc(NN2CCCCC2)c2cnccc12. The van der Waals surface area contributed by atoms with E-state index in [0.717, 1.165) is 24.2 Å². The van der Waals surface area contributed by atoms with Gasteiger partial charge in [0.15, 0.2) is 0 Å². The molecule has 6 nitrogen and oxygen atoms in total. The number of nitrogens with one attached hydrogen (secondary N) is 1. The highest BCUT2D eigenvalue weighted by Crippen LogP contribution is 2.31. The molecule has 1 aromatic carbocycles. The number of nitro benzene ring substituents is 1. The molecular weight excluding hydrogens is 256 g/mol. The first-order valence-corrected chi connectivity index (χ1v) is 6.78. The predicted molar refractivity (Wildman–Crippen MR) is 77.4 cm³/mol. The topological polar surface area (TPSA) is 71.3 Å². The van der Waals surface area contributed by atoms with E-state index in [1.54, 1.807) is 30.6 Å². The number of hydrogen-bond acceptors (Lipinski definition) is 5. The zero-order chi connectivity index (χ0) is 13.9. The lowest BCUT2D eigenvalue weighted by Gasteiger charge is -2.28. The lowest BCUT2D eigenvalue weighted by atomic mass is 10.1. The van der Waals surface area contributed by atoms with E-state index in [1.807, 2.05) is 0 Å². The molecule has 6 heteroatoms. The molecule has 0 amide bonds. The van der Waals surface area contributed by atoms with E-state index in [1.165, 1.54) is 19.3 Å². The molecular formula is C14H16N4O2. The molecule has 1 aromatic heterocycles. The molecule has 1 fully saturated rings. The molecule has 0 radical (unpaired) electrons. The molecule has 0 unspecified atom stereocenters. The molecule has 0 atom stereocenters. The third-order valence-corrected chi connectivity index (χ3v) is 3.63. The largest absolute Gasteiger partial charge is 0.318 e. The Balaban J connectivity index is 1.99. The van der Waals surface area contributed by atoms with Crippen LogP contribution in [0.25, 0.3) is 10.8 Å². The molecule has 0 saturated carbocycles. The van der Waals surface area contributed by atoms with E-state index in [-0.39, 0.29) is 10.6 Å². The number of non-ortho nitro benzene ring substituents is 1. The van der Waals surface area contributed by atoms with Crippen LogP contribution in [-0.4, -0.2) is 28.0 Å². The first kappa shape index (κ1) is 12.8. The molecule has 2 aromatic rings. The third-order valence-electron chi connectivity index (χ3n) is 3.63. The smallest absolute Gasteiger partial charge is 0.277 e. The minimum Gasteiger partial charge on any atom is -0.318 e. The van der Waals surface area contributed by atoms with Crippen LogP contribution in [0.1, 0.15) is 19.3 Å². The summed E-state index contributed by atoms with van der Waals surface area (Å²) >= 11 is 0. The summed E-state index contributed by atoms with van der Waals surface area (Å²) in [4.78, 5) is 14.8. The van der Waals surface area contributed by atoms with Gasteiger partial charge >= 0.3 is 0 Å². The Bertz CT molecular complexity index is 638. The molecule has 20 heavy (non-hydrogen) atoms. The van der Waals surface area contributed by atoms with Crippen LogP contribution >= 0.6 is 0 Å². The predicted octanol–water partition coefficient (Wildman–Crippen LogP) is 2.96. The Hall–Kier alpha value is -2.21. The Labute approximate surface area is 116 Å². The van der Waals surface area contributed by atoms with Crippen LogP contribution in [0.5, 0.6) is 0 Å². The van der Waals surface area contributed by atoms with Crippen molar-refractivity contribution in [1.82, 2.24) is 9.99 Å². The second kappa shape index (κ2) is 5.42. The van der Waals surface area contributed by atoms with Crippen LogP contribution in [0.2, 0.25) is 0 Å². The van der Waals surface area contributed by atoms with Gasteiger partial charge in [0.2, 0.25) is 0 Å².